The molecule has 0 radical (unpaired) electrons. The summed E-state index contributed by atoms with van der Waals surface area (Å²) in [5.41, 5.74) is 3.57. The molecule has 4 rings (SSSR count). The highest BCUT2D eigenvalue weighted by Gasteiger charge is 2.09. The van der Waals surface area contributed by atoms with E-state index in [9.17, 15) is 9.59 Å². The van der Waals surface area contributed by atoms with Gasteiger partial charge in [-0.05, 0) is 23.3 Å². The van der Waals surface area contributed by atoms with Crippen LogP contribution in [0.3, 0.4) is 0 Å². The monoisotopic (exact) mass is 380 g/mol. The van der Waals surface area contributed by atoms with Gasteiger partial charge in [-0.2, -0.15) is 0 Å². The number of aliphatic carboxylic acids is 1. The number of aromatic amines is 2. The van der Waals surface area contributed by atoms with E-state index in [1.807, 2.05) is 48.5 Å². The number of aromatic nitrogens is 2. The third kappa shape index (κ3) is 4.40. The first-order valence-electron chi connectivity index (χ1n) is 10.2. The maximum atomic E-state index is 11.9. The molecule has 0 atom stereocenters. The molecular weight excluding hydrogens is 354 g/mol. The van der Waals surface area contributed by atoms with Crippen LogP contribution in [0.25, 0.3) is 21.8 Å². The van der Waals surface area contributed by atoms with Gasteiger partial charge in [-0.3, -0.25) is 9.59 Å². The lowest BCUT2D eigenvalue weighted by atomic mass is 10.1. The van der Waals surface area contributed by atoms with Crippen molar-refractivity contribution in [1.82, 2.24) is 14.9 Å². The number of rotatable bonds is 4. The summed E-state index contributed by atoms with van der Waals surface area (Å²) < 4.78 is 21.6. The van der Waals surface area contributed by atoms with E-state index in [2.05, 4.69) is 9.97 Å². The molecule has 0 aliphatic carbocycles. The minimum Gasteiger partial charge on any atom is -0.481 e. The Kier molecular flexibility index (Phi) is 4.67. The predicted octanol–water partition coefficient (Wildman–Crippen LogP) is 3.59. The quantitative estimate of drug-likeness (QED) is 0.505. The van der Waals surface area contributed by atoms with Crippen molar-refractivity contribution in [2.75, 3.05) is 14.0 Å². The Hall–Kier alpha value is -3.54. The average molecular weight is 380 g/mol. The summed E-state index contributed by atoms with van der Waals surface area (Å²) in [5, 5.41) is 10.6. The number of carbonyl (C=O) groups is 2. The highest BCUT2D eigenvalue weighted by molar-refractivity contribution is 5.89. The molecule has 3 N–H and O–H groups in total. The number of nitrogens with zero attached hydrogens (tertiary/aromatic N) is 1. The van der Waals surface area contributed by atoms with Crippen molar-refractivity contribution in [2.45, 2.75) is 12.8 Å². The van der Waals surface area contributed by atoms with Gasteiger partial charge in [-0.1, -0.05) is 36.4 Å². The van der Waals surface area contributed by atoms with Crippen LogP contribution in [0.2, 0.25) is 0 Å². The van der Waals surface area contributed by atoms with E-state index in [0.717, 1.165) is 37.8 Å². The Morgan fingerprint density at radius 2 is 1.43 bits per heavy atom. The van der Waals surface area contributed by atoms with E-state index in [-0.39, 0.29) is 12.8 Å². The molecule has 1 amide bonds. The minimum atomic E-state index is -2.39. The molecule has 0 spiro atoms. The number of para-hydroxylation sites is 2. The second-order valence-electron chi connectivity index (χ2n) is 6.42. The van der Waals surface area contributed by atoms with Crippen molar-refractivity contribution in [1.29, 1.82) is 0 Å². The molecule has 0 aliphatic rings. The lowest BCUT2D eigenvalue weighted by Gasteiger charge is -2.08. The Balaban J connectivity index is 0.000000185. The zero-order chi connectivity index (χ0) is 22.6. The third-order valence-electron chi connectivity index (χ3n) is 4.41. The van der Waals surface area contributed by atoms with E-state index in [4.69, 9.17) is 9.22 Å². The van der Waals surface area contributed by atoms with Crippen molar-refractivity contribution >= 4 is 33.7 Å². The van der Waals surface area contributed by atoms with E-state index in [0.29, 0.717) is 0 Å². The fourth-order valence-electron chi connectivity index (χ4n) is 3.00. The molecule has 0 saturated carbocycles. The standard InChI is InChI=1S/C12H14N2O.C10H9NO2/c1-14(2)12(15)7-9-8-13-11-6-4-3-5-10(9)11;12-10(13)5-7-6-11-9-4-2-1-3-8(7)9/h3-6,8,13H,7H2,1-2H3;1-4,6,11H,5H2,(H,12,13)/i1D3;. The molecule has 0 aliphatic heterocycles. The van der Waals surface area contributed by atoms with Crippen molar-refractivity contribution in [3.63, 3.8) is 0 Å². The number of carboxylic acid groups (broad SMARTS) is 1. The summed E-state index contributed by atoms with van der Waals surface area (Å²) >= 11 is 0. The van der Waals surface area contributed by atoms with Crippen molar-refractivity contribution in [3.8, 4) is 0 Å². The van der Waals surface area contributed by atoms with Crippen LogP contribution in [0.1, 0.15) is 15.2 Å². The molecule has 144 valence electrons. The fraction of sp³-hybridized carbons (Fsp3) is 0.182. The van der Waals surface area contributed by atoms with E-state index in [1.165, 1.54) is 7.05 Å². The number of nitrogens with one attached hydrogen (secondary N) is 2. The van der Waals surface area contributed by atoms with Gasteiger partial charge in [0.05, 0.1) is 12.8 Å². The normalized spacial score (nSPS) is 12.5. The van der Waals surface area contributed by atoms with Crippen LogP contribution in [0.15, 0.2) is 60.9 Å². The van der Waals surface area contributed by atoms with Gasteiger partial charge in [-0.25, -0.2) is 0 Å². The van der Waals surface area contributed by atoms with E-state index < -0.39 is 18.9 Å². The molecule has 0 saturated heterocycles. The number of H-pyrrole nitrogens is 2. The van der Waals surface area contributed by atoms with Crippen LogP contribution in [-0.2, 0) is 22.4 Å². The average Bonchev–Trinajstić information content (AvgIpc) is 3.31. The summed E-state index contributed by atoms with van der Waals surface area (Å²) in [4.78, 5) is 29.2. The summed E-state index contributed by atoms with van der Waals surface area (Å²) in [6.07, 6.45) is 3.65. The van der Waals surface area contributed by atoms with Gasteiger partial charge in [0.2, 0.25) is 5.91 Å². The van der Waals surface area contributed by atoms with Crippen molar-refractivity contribution in [3.05, 3.63) is 72.1 Å². The molecular formula is C22H23N3O3. The van der Waals surface area contributed by atoms with Gasteiger partial charge in [0, 0.05) is 52.3 Å². The maximum absolute atomic E-state index is 11.9. The van der Waals surface area contributed by atoms with Crippen LogP contribution >= 0.6 is 0 Å². The largest absolute Gasteiger partial charge is 0.481 e. The summed E-state index contributed by atoms with van der Waals surface area (Å²) in [6.45, 7) is -2.39. The number of hydrogen-bond acceptors (Lipinski definition) is 2. The first-order chi connectivity index (χ1) is 14.7. The zero-order valence-electron chi connectivity index (χ0n) is 18.4. The zero-order valence-corrected chi connectivity index (χ0v) is 15.4. The topological polar surface area (TPSA) is 89.2 Å². The Morgan fingerprint density at radius 3 is 1.93 bits per heavy atom. The molecule has 0 fully saturated rings. The molecule has 0 bridgehead atoms. The Bertz CT molecular complexity index is 1210. The van der Waals surface area contributed by atoms with Gasteiger partial charge in [0.15, 0.2) is 0 Å². The molecule has 0 unspecified atom stereocenters. The Morgan fingerprint density at radius 1 is 0.929 bits per heavy atom. The SMILES string of the molecule is O=C(O)Cc1c[nH]c2ccccc12.[2H]C([2H])([2H])N(C)C(=O)Cc1c[nH]c2ccccc12. The maximum Gasteiger partial charge on any atom is 0.307 e. The number of amides is 1. The van der Waals surface area contributed by atoms with Crippen LogP contribution < -0.4 is 0 Å². The smallest absolute Gasteiger partial charge is 0.307 e. The summed E-state index contributed by atoms with van der Waals surface area (Å²) in [5.74, 6) is -1.22. The van der Waals surface area contributed by atoms with Gasteiger partial charge in [0.25, 0.3) is 0 Å². The third-order valence-corrected chi connectivity index (χ3v) is 4.41. The lowest BCUT2D eigenvalue weighted by Crippen LogP contribution is -2.23. The number of benzene rings is 2. The van der Waals surface area contributed by atoms with Crippen molar-refractivity contribution < 1.29 is 18.8 Å². The molecule has 2 heterocycles. The second-order valence-corrected chi connectivity index (χ2v) is 6.42. The molecule has 6 heteroatoms. The van der Waals surface area contributed by atoms with E-state index in [1.54, 1.807) is 12.4 Å². The highest BCUT2D eigenvalue weighted by Crippen LogP contribution is 2.19. The lowest BCUT2D eigenvalue weighted by molar-refractivity contribution is -0.136. The predicted molar refractivity (Wildman–Crippen MR) is 110 cm³/mol. The van der Waals surface area contributed by atoms with Gasteiger partial charge < -0.3 is 20.0 Å². The molecule has 2 aromatic heterocycles. The van der Waals surface area contributed by atoms with E-state index >= 15 is 0 Å². The number of carbonyl (C=O) groups excluding carboxylic acids is 1. The van der Waals surface area contributed by atoms with Gasteiger partial charge >= 0.3 is 5.97 Å². The molecule has 4 aromatic rings. The van der Waals surface area contributed by atoms with Crippen LogP contribution in [0.5, 0.6) is 0 Å². The second kappa shape index (κ2) is 8.43. The highest BCUT2D eigenvalue weighted by atomic mass is 16.4. The van der Waals surface area contributed by atoms with Crippen molar-refractivity contribution in [2.24, 2.45) is 0 Å². The summed E-state index contributed by atoms with van der Waals surface area (Å²) in [7, 11) is 1.30. The molecule has 28 heavy (non-hydrogen) atoms. The molecule has 2 aromatic carbocycles. The summed E-state index contributed by atoms with van der Waals surface area (Å²) in [6, 6.07) is 15.3. The van der Waals surface area contributed by atoms with Crippen LogP contribution in [0.4, 0.5) is 0 Å². The van der Waals surface area contributed by atoms with Crippen LogP contribution in [-0.4, -0.2) is 45.9 Å². The molecule has 6 nitrogen and oxygen atoms in total. The van der Waals surface area contributed by atoms with Crippen LogP contribution in [0, 0.1) is 0 Å². The minimum absolute atomic E-state index is 0.0734. The number of fused-ring (bicyclic) bond motifs is 2. The fourth-order valence-corrected chi connectivity index (χ4v) is 3.00. The number of carboxylic acids is 1. The Labute approximate surface area is 167 Å². The first kappa shape index (κ1) is 15.5. The number of likely N-dealkylation sites (N-methyl/N-ethyl adjacent to an activating group) is 1. The van der Waals surface area contributed by atoms with Gasteiger partial charge in [-0.15, -0.1) is 0 Å². The van der Waals surface area contributed by atoms with Gasteiger partial charge in [0.1, 0.15) is 0 Å². The number of hydrogen-bond donors (Lipinski definition) is 3. The first-order valence-corrected chi connectivity index (χ1v) is 8.75.